The van der Waals surface area contributed by atoms with Crippen LogP contribution in [0.3, 0.4) is 0 Å². The third kappa shape index (κ3) is 7.32. The van der Waals surface area contributed by atoms with Gasteiger partial charge in [0.2, 0.25) is 0 Å². The Balaban J connectivity index is 0.00000254. The summed E-state index contributed by atoms with van der Waals surface area (Å²) in [5.74, 6) is 1.56. The molecule has 1 rings (SSSR count). The minimum atomic E-state index is -0.108. The highest BCUT2D eigenvalue weighted by molar-refractivity contribution is 5.63. The standard InChI is InChI=1S/C19H26O3.C2H4/c1-5-17(21-3)10-8-6-7-9-16-11-12-18(22-4)13-19(16)15(2)14-20;1-2/h5,8,10-15H,6-7,9H2,1-4H3;1-2H2/b10-8+,17-5-;. The minimum Gasteiger partial charge on any atom is -0.497 e. The molecule has 0 saturated carbocycles. The lowest BCUT2D eigenvalue weighted by atomic mass is 9.93. The number of aldehydes is 1. The van der Waals surface area contributed by atoms with Gasteiger partial charge in [-0.3, -0.25) is 0 Å². The predicted molar refractivity (Wildman–Crippen MR) is 102 cm³/mol. The van der Waals surface area contributed by atoms with Crippen LogP contribution in [0.1, 0.15) is 43.7 Å². The van der Waals surface area contributed by atoms with Gasteiger partial charge in [0, 0.05) is 5.92 Å². The second-order valence-corrected chi connectivity index (χ2v) is 5.18. The molecule has 0 N–H and O–H groups in total. The zero-order valence-corrected chi connectivity index (χ0v) is 15.4. The van der Waals surface area contributed by atoms with E-state index in [0.29, 0.717) is 0 Å². The number of allylic oxidation sites excluding steroid dienone is 3. The lowest BCUT2D eigenvalue weighted by Crippen LogP contribution is -2.01. The normalized spacial score (nSPS) is 12.2. The van der Waals surface area contributed by atoms with Gasteiger partial charge in [-0.25, -0.2) is 0 Å². The third-order valence-electron chi connectivity index (χ3n) is 3.67. The van der Waals surface area contributed by atoms with Gasteiger partial charge >= 0.3 is 0 Å². The lowest BCUT2D eigenvalue weighted by molar-refractivity contribution is -0.108. The van der Waals surface area contributed by atoms with E-state index in [1.807, 2.05) is 38.1 Å². The van der Waals surface area contributed by atoms with E-state index < -0.39 is 0 Å². The number of benzene rings is 1. The van der Waals surface area contributed by atoms with Crippen LogP contribution in [0, 0.1) is 0 Å². The third-order valence-corrected chi connectivity index (χ3v) is 3.67. The molecule has 24 heavy (non-hydrogen) atoms. The molecule has 1 atom stereocenters. The molecule has 3 heteroatoms. The van der Waals surface area contributed by atoms with Crippen LogP contribution in [0.4, 0.5) is 0 Å². The van der Waals surface area contributed by atoms with Gasteiger partial charge in [-0.1, -0.05) is 19.1 Å². The van der Waals surface area contributed by atoms with Crippen LogP contribution < -0.4 is 4.74 Å². The largest absolute Gasteiger partial charge is 0.497 e. The summed E-state index contributed by atoms with van der Waals surface area (Å²) in [4.78, 5) is 11.1. The molecule has 1 aromatic rings. The predicted octanol–water partition coefficient (Wildman–Crippen LogP) is 5.23. The highest BCUT2D eigenvalue weighted by Crippen LogP contribution is 2.25. The van der Waals surface area contributed by atoms with Crippen LogP contribution in [0.2, 0.25) is 0 Å². The van der Waals surface area contributed by atoms with E-state index in [9.17, 15) is 4.79 Å². The summed E-state index contributed by atoms with van der Waals surface area (Å²) in [6, 6.07) is 5.98. The maximum absolute atomic E-state index is 11.1. The molecule has 0 aliphatic rings. The first-order valence-corrected chi connectivity index (χ1v) is 8.15. The Bertz CT molecular complexity index is 544. The molecular formula is C21H30O3. The number of unbranched alkanes of at least 4 members (excludes halogenated alkanes) is 1. The van der Waals surface area contributed by atoms with Crippen molar-refractivity contribution in [2.24, 2.45) is 0 Å². The molecule has 0 saturated heterocycles. The van der Waals surface area contributed by atoms with E-state index in [2.05, 4.69) is 25.3 Å². The smallest absolute Gasteiger partial charge is 0.127 e. The molecule has 1 unspecified atom stereocenters. The number of hydrogen-bond donors (Lipinski definition) is 0. The Hall–Kier alpha value is -2.29. The number of carbonyl (C=O) groups excluding carboxylic acids is 1. The summed E-state index contributed by atoms with van der Waals surface area (Å²) < 4.78 is 10.4. The first kappa shape index (κ1) is 21.7. The number of carbonyl (C=O) groups is 1. The monoisotopic (exact) mass is 330 g/mol. The van der Waals surface area contributed by atoms with E-state index in [4.69, 9.17) is 9.47 Å². The quantitative estimate of drug-likeness (QED) is 0.204. The molecule has 0 bridgehead atoms. The molecule has 0 aromatic heterocycles. The van der Waals surface area contributed by atoms with Crippen LogP contribution in [-0.4, -0.2) is 20.5 Å². The molecule has 132 valence electrons. The number of rotatable bonds is 9. The number of ether oxygens (including phenoxy) is 2. The van der Waals surface area contributed by atoms with Gasteiger partial charge in [0.25, 0.3) is 0 Å². The summed E-state index contributed by atoms with van der Waals surface area (Å²) in [6.45, 7) is 9.87. The van der Waals surface area contributed by atoms with Crippen molar-refractivity contribution in [2.75, 3.05) is 14.2 Å². The van der Waals surface area contributed by atoms with E-state index in [0.717, 1.165) is 42.6 Å². The van der Waals surface area contributed by atoms with Gasteiger partial charge in [0.1, 0.15) is 17.8 Å². The number of methoxy groups -OCH3 is 2. The fourth-order valence-corrected chi connectivity index (χ4v) is 2.32. The second-order valence-electron chi connectivity index (χ2n) is 5.18. The van der Waals surface area contributed by atoms with Gasteiger partial charge in [0.15, 0.2) is 0 Å². The van der Waals surface area contributed by atoms with E-state index >= 15 is 0 Å². The topological polar surface area (TPSA) is 35.5 Å². The zero-order valence-electron chi connectivity index (χ0n) is 15.4. The van der Waals surface area contributed by atoms with Crippen LogP contribution in [0.5, 0.6) is 5.75 Å². The van der Waals surface area contributed by atoms with Gasteiger partial charge in [-0.05, 0) is 61.6 Å². The number of aryl methyl sites for hydroxylation is 1. The highest BCUT2D eigenvalue weighted by atomic mass is 16.5. The van der Waals surface area contributed by atoms with Crippen LogP contribution >= 0.6 is 0 Å². The van der Waals surface area contributed by atoms with E-state index in [-0.39, 0.29) is 5.92 Å². The van der Waals surface area contributed by atoms with Gasteiger partial charge in [0.05, 0.1) is 14.2 Å². The molecule has 0 aliphatic heterocycles. The lowest BCUT2D eigenvalue weighted by Gasteiger charge is -2.13. The van der Waals surface area contributed by atoms with E-state index in [1.54, 1.807) is 14.2 Å². The van der Waals surface area contributed by atoms with Gasteiger partial charge in [-0.15, -0.1) is 13.2 Å². The molecular weight excluding hydrogens is 300 g/mol. The zero-order chi connectivity index (χ0) is 18.4. The van der Waals surface area contributed by atoms with Crippen LogP contribution in [0.25, 0.3) is 0 Å². The van der Waals surface area contributed by atoms with Crippen molar-refractivity contribution in [3.05, 3.63) is 66.5 Å². The average molecular weight is 330 g/mol. The molecule has 0 amide bonds. The van der Waals surface area contributed by atoms with Crippen molar-refractivity contribution in [3.8, 4) is 5.75 Å². The molecule has 1 aromatic carbocycles. The van der Waals surface area contributed by atoms with Gasteiger partial charge in [-0.2, -0.15) is 0 Å². The van der Waals surface area contributed by atoms with E-state index in [1.165, 1.54) is 5.56 Å². The maximum Gasteiger partial charge on any atom is 0.127 e. The first-order chi connectivity index (χ1) is 11.7. The summed E-state index contributed by atoms with van der Waals surface area (Å²) in [5, 5.41) is 0. The molecule has 0 fully saturated rings. The summed E-state index contributed by atoms with van der Waals surface area (Å²) in [5.41, 5.74) is 2.27. The Kier molecular flexibility index (Phi) is 11.9. The van der Waals surface area contributed by atoms with Gasteiger partial charge < -0.3 is 14.3 Å². The fourth-order valence-electron chi connectivity index (χ4n) is 2.32. The van der Waals surface area contributed by atoms with Crippen molar-refractivity contribution in [3.63, 3.8) is 0 Å². The molecule has 0 aliphatic carbocycles. The highest BCUT2D eigenvalue weighted by Gasteiger charge is 2.11. The Labute approximate surface area is 146 Å². The Morgan fingerprint density at radius 3 is 2.54 bits per heavy atom. The summed E-state index contributed by atoms with van der Waals surface area (Å²) >= 11 is 0. The number of hydrogen-bond acceptors (Lipinski definition) is 3. The average Bonchev–Trinajstić information content (AvgIpc) is 2.65. The minimum absolute atomic E-state index is 0.108. The molecule has 0 heterocycles. The second kappa shape index (κ2) is 13.2. The Morgan fingerprint density at radius 2 is 2.00 bits per heavy atom. The maximum atomic E-state index is 11.1. The fraction of sp³-hybridized carbons (Fsp3) is 0.381. The van der Waals surface area contributed by atoms with Crippen molar-refractivity contribution in [1.82, 2.24) is 0 Å². The van der Waals surface area contributed by atoms with Crippen LogP contribution in [0.15, 0.2) is 55.3 Å². The van der Waals surface area contributed by atoms with Crippen LogP contribution in [-0.2, 0) is 16.0 Å². The molecule has 0 spiro atoms. The summed E-state index contributed by atoms with van der Waals surface area (Å²) in [6.07, 6.45) is 9.97. The molecule has 3 nitrogen and oxygen atoms in total. The van der Waals surface area contributed by atoms with Crippen molar-refractivity contribution < 1.29 is 14.3 Å². The summed E-state index contributed by atoms with van der Waals surface area (Å²) in [7, 11) is 3.31. The van der Waals surface area contributed by atoms with Crippen molar-refractivity contribution in [1.29, 1.82) is 0 Å². The molecule has 0 radical (unpaired) electrons. The van der Waals surface area contributed by atoms with Crippen molar-refractivity contribution in [2.45, 2.75) is 39.0 Å². The Morgan fingerprint density at radius 1 is 1.29 bits per heavy atom. The SMILES string of the molecule is C/C=C(/C=C/CCCc1ccc(OC)cc1C(C)C=O)OC.C=C. The first-order valence-electron chi connectivity index (χ1n) is 8.15. The van der Waals surface area contributed by atoms with Crippen molar-refractivity contribution >= 4 is 6.29 Å².